The van der Waals surface area contributed by atoms with Gasteiger partial charge in [-0.05, 0) is 17.9 Å². The lowest BCUT2D eigenvalue weighted by Crippen LogP contribution is -2.27. The maximum Gasteiger partial charge on any atom is 0.309 e. The van der Waals surface area contributed by atoms with E-state index in [0.29, 0.717) is 12.8 Å². The van der Waals surface area contributed by atoms with Gasteiger partial charge in [-0.2, -0.15) is 0 Å². The van der Waals surface area contributed by atoms with Crippen molar-refractivity contribution in [2.45, 2.75) is 44.3 Å². The third kappa shape index (κ3) is 3.16. The fraction of sp³-hybridized carbons (Fsp3) is 0.562. The lowest BCUT2D eigenvalue weighted by Gasteiger charge is -2.16. The monoisotopic (exact) mass is 260 g/mol. The van der Waals surface area contributed by atoms with E-state index in [-0.39, 0.29) is 18.0 Å². The molecule has 0 radical (unpaired) electrons. The second-order valence-corrected chi connectivity index (χ2v) is 5.84. The number of esters is 1. The van der Waals surface area contributed by atoms with Crippen molar-refractivity contribution in [1.29, 1.82) is 0 Å². The molecule has 0 spiro atoms. The Balaban J connectivity index is 1.55. The molecule has 1 aromatic rings. The first-order valence-electron chi connectivity index (χ1n) is 7.15. The Bertz CT molecular complexity index is 439. The van der Waals surface area contributed by atoms with Gasteiger partial charge in [0.15, 0.2) is 0 Å². The summed E-state index contributed by atoms with van der Waals surface area (Å²) < 4.78 is 5.35. The van der Waals surface area contributed by atoms with E-state index in [1.807, 2.05) is 30.3 Å². The zero-order valence-corrected chi connectivity index (χ0v) is 11.0. The quantitative estimate of drug-likeness (QED) is 0.826. The van der Waals surface area contributed by atoms with Crippen molar-refractivity contribution in [3.63, 3.8) is 0 Å². The second kappa shape index (κ2) is 5.33. The molecule has 3 heteroatoms. The number of carbonyl (C=O) groups is 1. The van der Waals surface area contributed by atoms with E-state index in [2.05, 4.69) is 0 Å². The van der Waals surface area contributed by atoms with Crippen LogP contribution in [0.5, 0.6) is 0 Å². The summed E-state index contributed by atoms with van der Waals surface area (Å²) >= 11 is 0. The fourth-order valence-electron chi connectivity index (χ4n) is 2.84. The highest BCUT2D eigenvalue weighted by Gasteiger charge is 2.40. The minimum atomic E-state index is -0.587. The van der Waals surface area contributed by atoms with Crippen LogP contribution in [0.1, 0.15) is 31.2 Å². The number of benzene rings is 1. The number of carbonyl (C=O) groups excluding carboxylic acids is 1. The maximum absolute atomic E-state index is 11.8. The molecular formula is C16H20O3. The Morgan fingerprint density at radius 1 is 1.26 bits per heavy atom. The average Bonchev–Trinajstić information content (AvgIpc) is 3.14. The van der Waals surface area contributed by atoms with Crippen molar-refractivity contribution in [3.05, 3.63) is 35.9 Å². The Morgan fingerprint density at radius 3 is 2.68 bits per heavy atom. The number of ether oxygens (including phenoxy) is 1. The van der Waals surface area contributed by atoms with Crippen LogP contribution in [0.15, 0.2) is 30.3 Å². The SMILES string of the molecule is O=C1O[C@@H](C(O)Cc2ccccc2)C[C@H]1CC1CC1. The summed E-state index contributed by atoms with van der Waals surface area (Å²) in [6, 6.07) is 9.84. The first-order valence-corrected chi connectivity index (χ1v) is 7.15. The van der Waals surface area contributed by atoms with Crippen LogP contribution >= 0.6 is 0 Å². The molecule has 3 atom stereocenters. The molecule has 2 aliphatic rings. The van der Waals surface area contributed by atoms with Crippen molar-refractivity contribution < 1.29 is 14.6 Å². The van der Waals surface area contributed by atoms with Gasteiger partial charge in [-0.3, -0.25) is 4.79 Å². The number of aliphatic hydroxyl groups excluding tert-OH is 1. The first kappa shape index (κ1) is 12.7. The highest BCUT2D eigenvalue weighted by Crippen LogP contribution is 2.39. The van der Waals surface area contributed by atoms with Crippen LogP contribution in [0.2, 0.25) is 0 Å². The molecule has 1 unspecified atom stereocenters. The van der Waals surface area contributed by atoms with Crippen LogP contribution in [-0.2, 0) is 16.0 Å². The van der Waals surface area contributed by atoms with Crippen molar-refractivity contribution >= 4 is 5.97 Å². The molecule has 1 N–H and O–H groups in total. The summed E-state index contributed by atoms with van der Waals surface area (Å²) in [5.74, 6) is 0.634. The molecule has 0 bridgehead atoms. The lowest BCUT2D eigenvalue weighted by molar-refractivity contribution is -0.148. The second-order valence-electron chi connectivity index (χ2n) is 5.84. The summed E-state index contributed by atoms with van der Waals surface area (Å²) in [6.07, 6.45) is 3.78. The van der Waals surface area contributed by atoms with E-state index in [1.54, 1.807) is 0 Å². The number of aliphatic hydroxyl groups is 1. The van der Waals surface area contributed by atoms with Gasteiger partial charge < -0.3 is 9.84 Å². The highest BCUT2D eigenvalue weighted by atomic mass is 16.6. The van der Waals surface area contributed by atoms with Gasteiger partial charge in [0.05, 0.1) is 12.0 Å². The molecule has 0 amide bonds. The fourth-order valence-corrected chi connectivity index (χ4v) is 2.84. The molecule has 3 nitrogen and oxygen atoms in total. The molecule has 1 aromatic carbocycles. The van der Waals surface area contributed by atoms with Gasteiger partial charge in [-0.25, -0.2) is 0 Å². The van der Waals surface area contributed by atoms with Crippen molar-refractivity contribution in [3.8, 4) is 0 Å². The maximum atomic E-state index is 11.8. The van der Waals surface area contributed by atoms with Gasteiger partial charge in [0.25, 0.3) is 0 Å². The molecule has 102 valence electrons. The molecule has 1 aliphatic heterocycles. The van der Waals surface area contributed by atoms with Gasteiger partial charge in [-0.15, -0.1) is 0 Å². The Morgan fingerprint density at radius 2 is 2.00 bits per heavy atom. The molecule has 1 saturated heterocycles. The molecule has 1 saturated carbocycles. The number of hydrogen-bond acceptors (Lipinski definition) is 3. The van der Waals surface area contributed by atoms with Crippen LogP contribution in [0.25, 0.3) is 0 Å². The standard InChI is InChI=1S/C16H20O3/c17-14(9-11-4-2-1-3-5-11)15-10-13(16(18)19-15)8-12-6-7-12/h1-5,12-15,17H,6-10H2/t13-,14?,15-/m1/s1. The average molecular weight is 260 g/mol. The van der Waals surface area contributed by atoms with Gasteiger partial charge in [0.2, 0.25) is 0 Å². The molecule has 3 rings (SSSR count). The topological polar surface area (TPSA) is 46.5 Å². The number of rotatable bonds is 5. The third-order valence-corrected chi connectivity index (χ3v) is 4.15. The number of cyclic esters (lactones) is 1. The minimum Gasteiger partial charge on any atom is -0.459 e. The van der Waals surface area contributed by atoms with Crippen molar-refractivity contribution in [1.82, 2.24) is 0 Å². The Kier molecular flexibility index (Phi) is 3.56. The summed E-state index contributed by atoms with van der Waals surface area (Å²) in [5, 5.41) is 10.2. The molecular weight excluding hydrogens is 240 g/mol. The first-order chi connectivity index (χ1) is 9.22. The van der Waals surface area contributed by atoms with Crippen molar-refractivity contribution in [2.24, 2.45) is 11.8 Å². The summed E-state index contributed by atoms with van der Waals surface area (Å²) in [6.45, 7) is 0. The van der Waals surface area contributed by atoms with E-state index in [1.165, 1.54) is 12.8 Å². The van der Waals surface area contributed by atoms with E-state index in [4.69, 9.17) is 4.74 Å². The lowest BCUT2D eigenvalue weighted by atomic mass is 9.94. The summed E-state index contributed by atoms with van der Waals surface area (Å²) in [4.78, 5) is 11.8. The smallest absolute Gasteiger partial charge is 0.309 e. The van der Waals surface area contributed by atoms with Gasteiger partial charge >= 0.3 is 5.97 Å². The Labute approximate surface area is 113 Å². The predicted octanol–water partition coefficient (Wildman–Crippen LogP) is 2.32. The zero-order chi connectivity index (χ0) is 13.2. The van der Waals surface area contributed by atoms with Crippen LogP contribution in [-0.4, -0.2) is 23.3 Å². The van der Waals surface area contributed by atoms with Crippen LogP contribution in [0, 0.1) is 11.8 Å². The molecule has 19 heavy (non-hydrogen) atoms. The molecule has 0 aromatic heterocycles. The van der Waals surface area contributed by atoms with Crippen LogP contribution in [0.3, 0.4) is 0 Å². The molecule has 2 fully saturated rings. The van der Waals surface area contributed by atoms with Gasteiger partial charge in [0.1, 0.15) is 6.10 Å². The highest BCUT2D eigenvalue weighted by molar-refractivity contribution is 5.74. The van der Waals surface area contributed by atoms with Crippen LogP contribution < -0.4 is 0 Å². The largest absolute Gasteiger partial charge is 0.459 e. The van der Waals surface area contributed by atoms with E-state index < -0.39 is 6.10 Å². The van der Waals surface area contributed by atoms with Gasteiger partial charge in [-0.1, -0.05) is 43.2 Å². The Hall–Kier alpha value is -1.35. The molecule has 1 heterocycles. The zero-order valence-electron chi connectivity index (χ0n) is 11.0. The summed E-state index contributed by atoms with van der Waals surface area (Å²) in [5.41, 5.74) is 1.08. The van der Waals surface area contributed by atoms with E-state index >= 15 is 0 Å². The van der Waals surface area contributed by atoms with Gasteiger partial charge in [0, 0.05) is 12.8 Å². The summed E-state index contributed by atoms with van der Waals surface area (Å²) in [7, 11) is 0. The van der Waals surface area contributed by atoms with Crippen LogP contribution in [0.4, 0.5) is 0 Å². The molecule has 1 aliphatic carbocycles. The van der Waals surface area contributed by atoms with E-state index in [0.717, 1.165) is 17.9 Å². The van der Waals surface area contributed by atoms with Crippen molar-refractivity contribution in [2.75, 3.05) is 0 Å². The third-order valence-electron chi connectivity index (χ3n) is 4.15. The number of hydrogen-bond donors (Lipinski definition) is 1. The minimum absolute atomic E-state index is 0.0166. The van der Waals surface area contributed by atoms with E-state index in [9.17, 15) is 9.90 Å². The normalized spacial score (nSPS) is 28.2. The predicted molar refractivity (Wildman–Crippen MR) is 71.5 cm³/mol.